The number of thiocarbonyl (C=S) groups is 1. The first-order valence-corrected chi connectivity index (χ1v) is 4.76. The van der Waals surface area contributed by atoms with Crippen LogP contribution in [0.4, 0.5) is 13.2 Å². The lowest BCUT2D eigenvalue weighted by Gasteiger charge is -2.06. The molecule has 0 aliphatic rings. The van der Waals surface area contributed by atoms with Crippen LogP contribution in [0.15, 0.2) is 29.2 Å². The summed E-state index contributed by atoms with van der Waals surface area (Å²) < 4.78 is 35.9. The van der Waals surface area contributed by atoms with Crippen LogP contribution in [0.3, 0.4) is 0 Å². The molecule has 1 aromatic carbocycles. The summed E-state index contributed by atoms with van der Waals surface area (Å²) in [6.45, 7) is 0. The van der Waals surface area contributed by atoms with Crippen LogP contribution in [0.2, 0.25) is 0 Å². The van der Waals surface area contributed by atoms with Gasteiger partial charge in [0.2, 0.25) is 0 Å². The normalized spacial score (nSPS) is 11.4. The maximum Gasteiger partial charge on any atom is 0.446 e. The van der Waals surface area contributed by atoms with E-state index in [1.165, 1.54) is 18.2 Å². The van der Waals surface area contributed by atoms with Gasteiger partial charge in [-0.2, -0.15) is 13.2 Å². The van der Waals surface area contributed by atoms with Crippen LogP contribution >= 0.6 is 24.0 Å². The summed E-state index contributed by atoms with van der Waals surface area (Å²) in [6.07, 6.45) is 0. The zero-order chi connectivity index (χ0) is 10.8. The standard InChI is InChI=1S/C8H6F3NS2/c9-8(10,11)14-6-3-1-2-5(4-6)7(12)13/h1-4H,(H2,12,13). The van der Waals surface area contributed by atoms with Gasteiger partial charge in [-0.25, -0.2) is 0 Å². The molecular formula is C8H6F3NS2. The summed E-state index contributed by atoms with van der Waals surface area (Å²) in [4.78, 5) is 0.178. The minimum Gasteiger partial charge on any atom is -0.389 e. The second kappa shape index (κ2) is 4.18. The predicted molar refractivity (Wildman–Crippen MR) is 54.2 cm³/mol. The largest absolute Gasteiger partial charge is 0.446 e. The minimum atomic E-state index is -4.28. The van der Waals surface area contributed by atoms with Crippen molar-refractivity contribution >= 4 is 29.0 Å². The number of thioether (sulfide) groups is 1. The summed E-state index contributed by atoms with van der Waals surface area (Å²) in [6, 6.07) is 5.74. The van der Waals surface area contributed by atoms with E-state index in [2.05, 4.69) is 12.2 Å². The molecular weight excluding hydrogens is 231 g/mol. The highest BCUT2D eigenvalue weighted by atomic mass is 32.2. The first-order chi connectivity index (χ1) is 6.38. The van der Waals surface area contributed by atoms with E-state index in [1.54, 1.807) is 6.07 Å². The molecule has 6 heteroatoms. The Balaban J connectivity index is 2.89. The molecule has 0 saturated heterocycles. The molecule has 76 valence electrons. The average molecular weight is 237 g/mol. The number of alkyl halides is 3. The van der Waals surface area contributed by atoms with Crippen LogP contribution in [0.25, 0.3) is 0 Å². The third kappa shape index (κ3) is 3.55. The fourth-order valence-corrected chi connectivity index (χ4v) is 1.57. The van der Waals surface area contributed by atoms with Crippen LogP contribution in [0.5, 0.6) is 0 Å². The van der Waals surface area contributed by atoms with Crippen molar-refractivity contribution in [2.24, 2.45) is 5.73 Å². The molecule has 0 saturated carbocycles. The molecule has 0 aliphatic carbocycles. The number of nitrogens with two attached hydrogens (primary N) is 1. The average Bonchev–Trinajstić information content (AvgIpc) is 2.01. The summed E-state index contributed by atoms with van der Waals surface area (Å²) in [5.74, 6) is 0. The van der Waals surface area contributed by atoms with Crippen LogP contribution in [-0.2, 0) is 0 Å². The van der Waals surface area contributed by atoms with Crippen LogP contribution in [0, 0.1) is 0 Å². The molecule has 0 fully saturated rings. The van der Waals surface area contributed by atoms with E-state index in [9.17, 15) is 13.2 Å². The Hall–Kier alpha value is -0.750. The molecule has 0 heterocycles. The second-order valence-corrected chi connectivity index (χ2v) is 4.02. The van der Waals surface area contributed by atoms with Gasteiger partial charge in [0.15, 0.2) is 0 Å². The highest BCUT2D eigenvalue weighted by Crippen LogP contribution is 2.36. The molecule has 2 N–H and O–H groups in total. The van der Waals surface area contributed by atoms with Crippen molar-refractivity contribution in [1.29, 1.82) is 0 Å². The lowest BCUT2D eigenvalue weighted by molar-refractivity contribution is -0.0328. The van der Waals surface area contributed by atoms with Gasteiger partial charge in [0.1, 0.15) is 4.99 Å². The number of hydrogen-bond acceptors (Lipinski definition) is 2. The van der Waals surface area contributed by atoms with Crippen LogP contribution in [0.1, 0.15) is 5.56 Å². The van der Waals surface area contributed by atoms with Gasteiger partial charge < -0.3 is 5.73 Å². The number of halogens is 3. The van der Waals surface area contributed by atoms with Gasteiger partial charge in [0.05, 0.1) is 0 Å². The first kappa shape index (κ1) is 11.3. The molecule has 0 bridgehead atoms. The maximum atomic E-state index is 12.0. The van der Waals surface area contributed by atoms with Crippen LogP contribution in [-0.4, -0.2) is 10.5 Å². The summed E-state index contributed by atoms with van der Waals surface area (Å²) in [5.41, 5.74) is 1.44. The van der Waals surface area contributed by atoms with Crippen molar-refractivity contribution in [2.75, 3.05) is 0 Å². The number of benzene rings is 1. The van der Waals surface area contributed by atoms with Gasteiger partial charge in [-0.15, -0.1) is 0 Å². The zero-order valence-electron chi connectivity index (χ0n) is 6.84. The Bertz CT molecular complexity index is 349. The quantitative estimate of drug-likeness (QED) is 0.632. The van der Waals surface area contributed by atoms with Gasteiger partial charge in [0, 0.05) is 10.5 Å². The molecule has 1 aromatic rings. The monoisotopic (exact) mass is 237 g/mol. The van der Waals surface area contributed by atoms with Crippen molar-refractivity contribution in [1.82, 2.24) is 0 Å². The van der Waals surface area contributed by atoms with Crippen LogP contribution < -0.4 is 5.73 Å². The Morgan fingerprint density at radius 1 is 1.36 bits per heavy atom. The summed E-state index contributed by atoms with van der Waals surface area (Å²) in [7, 11) is 0. The van der Waals surface area contributed by atoms with Crippen molar-refractivity contribution in [3.63, 3.8) is 0 Å². The van der Waals surface area contributed by atoms with Gasteiger partial charge >= 0.3 is 5.51 Å². The fourth-order valence-electron chi connectivity index (χ4n) is 0.846. The second-order valence-electron chi connectivity index (χ2n) is 2.44. The Kier molecular flexibility index (Phi) is 3.38. The van der Waals surface area contributed by atoms with Crippen molar-refractivity contribution in [2.45, 2.75) is 10.4 Å². The van der Waals surface area contributed by atoms with Crippen molar-refractivity contribution in [3.8, 4) is 0 Å². The maximum absolute atomic E-state index is 12.0. The van der Waals surface area contributed by atoms with E-state index in [-0.39, 0.29) is 21.6 Å². The van der Waals surface area contributed by atoms with E-state index >= 15 is 0 Å². The molecule has 1 rings (SSSR count). The Morgan fingerprint density at radius 2 is 2.00 bits per heavy atom. The lowest BCUT2D eigenvalue weighted by atomic mass is 10.2. The van der Waals surface area contributed by atoms with Crippen molar-refractivity contribution < 1.29 is 13.2 Å². The molecule has 0 aromatic heterocycles. The molecule has 14 heavy (non-hydrogen) atoms. The zero-order valence-corrected chi connectivity index (χ0v) is 8.47. The SMILES string of the molecule is NC(=S)c1cccc(SC(F)(F)F)c1. The molecule has 0 radical (unpaired) electrons. The Labute approximate surface area is 88.5 Å². The smallest absolute Gasteiger partial charge is 0.389 e. The highest BCUT2D eigenvalue weighted by Gasteiger charge is 2.29. The third-order valence-corrected chi connectivity index (χ3v) is 2.31. The summed E-state index contributed by atoms with van der Waals surface area (Å²) >= 11 is 4.47. The molecule has 1 nitrogen and oxygen atoms in total. The summed E-state index contributed by atoms with van der Waals surface area (Å²) in [5, 5.41) is 0. The molecule has 0 amide bonds. The van der Waals surface area contributed by atoms with Gasteiger partial charge in [-0.1, -0.05) is 24.4 Å². The predicted octanol–water partition coefficient (Wildman–Crippen LogP) is 2.93. The van der Waals surface area contributed by atoms with Gasteiger partial charge in [-0.05, 0) is 23.9 Å². The van der Waals surface area contributed by atoms with E-state index < -0.39 is 5.51 Å². The Morgan fingerprint density at radius 3 is 2.50 bits per heavy atom. The van der Waals surface area contributed by atoms with E-state index in [0.29, 0.717) is 5.56 Å². The van der Waals surface area contributed by atoms with E-state index in [0.717, 1.165) is 0 Å². The van der Waals surface area contributed by atoms with Gasteiger partial charge in [0.25, 0.3) is 0 Å². The molecule has 0 aliphatic heterocycles. The molecule has 0 unspecified atom stereocenters. The number of hydrogen-bond donors (Lipinski definition) is 1. The lowest BCUT2D eigenvalue weighted by Crippen LogP contribution is -2.09. The van der Waals surface area contributed by atoms with E-state index in [4.69, 9.17) is 5.73 Å². The minimum absolute atomic E-state index is 0.0859. The number of rotatable bonds is 2. The third-order valence-electron chi connectivity index (χ3n) is 1.35. The van der Waals surface area contributed by atoms with E-state index in [1.807, 2.05) is 0 Å². The van der Waals surface area contributed by atoms with Gasteiger partial charge in [-0.3, -0.25) is 0 Å². The first-order valence-electron chi connectivity index (χ1n) is 3.54. The molecule has 0 atom stereocenters. The van der Waals surface area contributed by atoms with Crippen molar-refractivity contribution in [3.05, 3.63) is 29.8 Å². The fraction of sp³-hybridized carbons (Fsp3) is 0.125. The highest BCUT2D eigenvalue weighted by molar-refractivity contribution is 8.00. The molecule has 0 spiro atoms. The topological polar surface area (TPSA) is 26.0 Å².